The predicted molar refractivity (Wildman–Crippen MR) is 83.5 cm³/mol. The Hall–Kier alpha value is -1.46. The summed E-state index contributed by atoms with van der Waals surface area (Å²) in [7, 11) is 0. The Morgan fingerprint density at radius 3 is 2.67 bits per heavy atom. The zero-order valence-electron chi connectivity index (χ0n) is 12.3. The van der Waals surface area contributed by atoms with Crippen LogP contribution in [0.3, 0.4) is 0 Å². The molecule has 4 rings (SSSR count). The lowest BCUT2D eigenvalue weighted by Crippen LogP contribution is -2.19. The number of ether oxygens (including phenoxy) is 1. The van der Waals surface area contributed by atoms with Crippen LogP contribution in [0.4, 0.5) is 0 Å². The summed E-state index contributed by atoms with van der Waals surface area (Å²) in [5.41, 5.74) is 3.60. The minimum atomic E-state index is 0.309. The molecule has 2 fully saturated rings. The van der Waals surface area contributed by atoms with Gasteiger partial charge in [0, 0.05) is 5.92 Å². The molecule has 2 bridgehead atoms. The van der Waals surface area contributed by atoms with E-state index in [0.29, 0.717) is 22.9 Å². The van der Waals surface area contributed by atoms with Crippen LogP contribution >= 0.6 is 12.2 Å². The molecule has 1 aromatic carbocycles. The lowest BCUT2D eigenvalue weighted by Gasteiger charge is -2.20. The number of fused-ring (bicyclic) bond motifs is 2. The van der Waals surface area contributed by atoms with E-state index in [4.69, 9.17) is 17.0 Å². The van der Waals surface area contributed by atoms with Crippen LogP contribution in [0.5, 0.6) is 0 Å². The molecule has 0 unspecified atom stereocenters. The van der Waals surface area contributed by atoms with Gasteiger partial charge in [-0.3, -0.25) is 9.67 Å². The Bertz CT molecular complexity index is 728. The van der Waals surface area contributed by atoms with Crippen molar-refractivity contribution in [3.63, 3.8) is 0 Å². The molecular formula is C16H19N3OS. The number of benzene rings is 1. The number of aromatic nitrogens is 3. The molecule has 0 amide bonds. The van der Waals surface area contributed by atoms with E-state index in [-0.39, 0.29) is 0 Å². The van der Waals surface area contributed by atoms with Crippen LogP contribution in [0.1, 0.15) is 42.1 Å². The van der Waals surface area contributed by atoms with E-state index in [1.54, 1.807) is 0 Å². The Kier molecular flexibility index (Phi) is 3.01. The van der Waals surface area contributed by atoms with Gasteiger partial charge in [0.25, 0.3) is 0 Å². The SMILES string of the molecule is Cc1cccc(C)c1-n1c([C@@H]2C[C@H]3CC[C@@H]2O3)n[nH]c1=S. The van der Waals surface area contributed by atoms with Crippen LogP contribution in [0.15, 0.2) is 18.2 Å². The van der Waals surface area contributed by atoms with Crippen molar-refractivity contribution < 1.29 is 4.74 Å². The van der Waals surface area contributed by atoms with E-state index in [1.807, 2.05) is 0 Å². The number of hydrogen-bond acceptors (Lipinski definition) is 3. The fourth-order valence-corrected chi connectivity index (χ4v) is 4.07. The molecule has 3 heterocycles. The molecule has 21 heavy (non-hydrogen) atoms. The quantitative estimate of drug-likeness (QED) is 0.862. The minimum Gasteiger partial charge on any atom is -0.374 e. The molecule has 1 aromatic heterocycles. The van der Waals surface area contributed by atoms with Gasteiger partial charge < -0.3 is 4.74 Å². The molecule has 2 saturated heterocycles. The van der Waals surface area contributed by atoms with Crippen molar-refractivity contribution in [2.24, 2.45) is 0 Å². The van der Waals surface area contributed by atoms with Crippen molar-refractivity contribution in [2.45, 2.75) is 51.2 Å². The molecule has 1 N–H and O–H groups in total. The molecule has 2 aliphatic heterocycles. The van der Waals surface area contributed by atoms with E-state index < -0.39 is 0 Å². The molecule has 2 aliphatic rings. The molecule has 0 aliphatic carbocycles. The molecule has 0 radical (unpaired) electrons. The van der Waals surface area contributed by atoms with Crippen LogP contribution < -0.4 is 0 Å². The Morgan fingerprint density at radius 2 is 2.05 bits per heavy atom. The predicted octanol–water partition coefficient (Wildman–Crippen LogP) is 3.58. The van der Waals surface area contributed by atoms with Gasteiger partial charge in [-0.25, -0.2) is 0 Å². The number of rotatable bonds is 2. The van der Waals surface area contributed by atoms with Gasteiger partial charge in [0.1, 0.15) is 5.82 Å². The second-order valence-electron chi connectivity index (χ2n) is 6.18. The minimum absolute atomic E-state index is 0.309. The third-order valence-corrected chi connectivity index (χ3v) is 5.07. The van der Waals surface area contributed by atoms with E-state index in [9.17, 15) is 0 Å². The number of aromatic amines is 1. The highest BCUT2D eigenvalue weighted by Gasteiger charge is 2.43. The molecule has 2 aromatic rings. The topological polar surface area (TPSA) is 42.8 Å². The third kappa shape index (κ3) is 1.99. The number of nitrogens with one attached hydrogen (secondary N) is 1. The average molecular weight is 301 g/mol. The summed E-state index contributed by atoms with van der Waals surface area (Å²) in [5, 5.41) is 7.53. The van der Waals surface area contributed by atoms with Gasteiger partial charge in [0.2, 0.25) is 0 Å². The van der Waals surface area contributed by atoms with Crippen molar-refractivity contribution in [3.8, 4) is 5.69 Å². The number of para-hydroxylation sites is 1. The summed E-state index contributed by atoms with van der Waals surface area (Å²) >= 11 is 5.50. The lowest BCUT2D eigenvalue weighted by atomic mass is 9.88. The first-order chi connectivity index (χ1) is 10.1. The van der Waals surface area contributed by atoms with Crippen LogP contribution in [-0.4, -0.2) is 27.0 Å². The van der Waals surface area contributed by atoms with Gasteiger partial charge >= 0.3 is 0 Å². The van der Waals surface area contributed by atoms with Crippen molar-refractivity contribution in [3.05, 3.63) is 39.9 Å². The van der Waals surface area contributed by atoms with Gasteiger partial charge in [0.15, 0.2) is 4.77 Å². The van der Waals surface area contributed by atoms with E-state index in [2.05, 4.69) is 46.8 Å². The van der Waals surface area contributed by atoms with Crippen molar-refractivity contribution in [2.75, 3.05) is 0 Å². The van der Waals surface area contributed by atoms with Gasteiger partial charge in [0.05, 0.1) is 17.9 Å². The fraction of sp³-hybridized carbons (Fsp3) is 0.500. The maximum atomic E-state index is 6.00. The lowest BCUT2D eigenvalue weighted by molar-refractivity contribution is 0.0997. The van der Waals surface area contributed by atoms with Crippen LogP contribution in [-0.2, 0) is 4.74 Å². The highest BCUT2D eigenvalue weighted by molar-refractivity contribution is 7.71. The Labute approximate surface area is 129 Å². The molecule has 0 saturated carbocycles. The monoisotopic (exact) mass is 301 g/mol. The van der Waals surface area contributed by atoms with E-state index in [0.717, 1.165) is 24.4 Å². The number of hydrogen-bond donors (Lipinski definition) is 1. The summed E-state index contributed by atoms with van der Waals surface area (Å²) in [5.74, 6) is 1.39. The summed E-state index contributed by atoms with van der Waals surface area (Å²) in [6.45, 7) is 4.25. The molecule has 3 atom stereocenters. The molecule has 5 heteroatoms. The second-order valence-corrected chi connectivity index (χ2v) is 6.57. The van der Waals surface area contributed by atoms with Crippen molar-refractivity contribution in [1.82, 2.24) is 14.8 Å². The molecular weight excluding hydrogens is 282 g/mol. The van der Waals surface area contributed by atoms with Gasteiger partial charge in [-0.2, -0.15) is 5.10 Å². The highest BCUT2D eigenvalue weighted by Crippen LogP contribution is 2.44. The average Bonchev–Trinajstić information content (AvgIpc) is 3.15. The molecule has 0 spiro atoms. The maximum Gasteiger partial charge on any atom is 0.199 e. The largest absolute Gasteiger partial charge is 0.374 e. The second kappa shape index (κ2) is 4.78. The highest BCUT2D eigenvalue weighted by atomic mass is 32.1. The first-order valence-corrected chi connectivity index (χ1v) is 7.95. The van der Waals surface area contributed by atoms with Crippen molar-refractivity contribution in [1.29, 1.82) is 0 Å². The first kappa shape index (κ1) is 13.2. The summed E-state index contributed by atoms with van der Waals surface area (Å²) in [6.07, 6.45) is 4.12. The number of nitrogens with zero attached hydrogens (tertiary/aromatic N) is 2. The van der Waals surface area contributed by atoms with Gasteiger partial charge in [-0.15, -0.1) is 0 Å². The normalized spacial score (nSPS) is 27.4. The summed E-state index contributed by atoms with van der Waals surface area (Å²) in [6, 6.07) is 6.33. The van der Waals surface area contributed by atoms with Crippen molar-refractivity contribution >= 4 is 12.2 Å². The van der Waals surface area contributed by atoms with E-state index >= 15 is 0 Å². The standard InChI is InChI=1S/C16H19N3OS/c1-9-4-3-5-10(2)14(9)19-15(17-18-16(19)21)12-8-11-6-7-13(12)20-11/h3-5,11-13H,6-8H2,1-2H3,(H,18,21)/t11-,12-,13+/m1/s1. The first-order valence-electron chi connectivity index (χ1n) is 7.54. The van der Waals surface area contributed by atoms with Crippen LogP contribution in [0.25, 0.3) is 5.69 Å². The summed E-state index contributed by atoms with van der Waals surface area (Å²) < 4.78 is 8.79. The zero-order chi connectivity index (χ0) is 14.6. The van der Waals surface area contributed by atoms with Gasteiger partial charge in [-0.05, 0) is 56.5 Å². The number of H-pyrrole nitrogens is 1. The van der Waals surface area contributed by atoms with Gasteiger partial charge in [-0.1, -0.05) is 18.2 Å². The fourth-order valence-electron chi connectivity index (χ4n) is 3.84. The third-order valence-electron chi connectivity index (χ3n) is 4.80. The molecule has 4 nitrogen and oxygen atoms in total. The molecule has 110 valence electrons. The smallest absolute Gasteiger partial charge is 0.199 e. The van der Waals surface area contributed by atoms with E-state index in [1.165, 1.54) is 17.5 Å². The number of aryl methyl sites for hydroxylation is 2. The zero-order valence-corrected chi connectivity index (χ0v) is 13.1. The Morgan fingerprint density at radius 1 is 1.29 bits per heavy atom. The Balaban J connectivity index is 1.87. The van der Waals surface area contributed by atoms with Crippen LogP contribution in [0.2, 0.25) is 0 Å². The van der Waals surface area contributed by atoms with Crippen LogP contribution in [0, 0.1) is 18.6 Å². The maximum absolute atomic E-state index is 6.00. The summed E-state index contributed by atoms with van der Waals surface area (Å²) in [4.78, 5) is 0.